The number of aryl methyl sites for hydroxylation is 2. The van der Waals surface area contributed by atoms with E-state index in [1.165, 1.54) is 16.1 Å². The molecule has 0 spiro atoms. The minimum absolute atomic E-state index is 0.777. The smallest absolute Gasteiger partial charge is 0.193 e. The molecule has 2 aromatic rings. The summed E-state index contributed by atoms with van der Waals surface area (Å²) in [5.74, 6) is 0.980. The molecule has 0 atom stereocenters. The maximum Gasteiger partial charge on any atom is 0.193 e. The minimum atomic E-state index is 0.777. The van der Waals surface area contributed by atoms with E-state index in [1.54, 1.807) is 0 Å². The zero-order chi connectivity index (χ0) is 17.5. The molecular weight excluding hydrogens is 318 g/mol. The third-order valence-corrected chi connectivity index (χ3v) is 5.19. The van der Waals surface area contributed by atoms with Gasteiger partial charge >= 0.3 is 0 Å². The summed E-state index contributed by atoms with van der Waals surface area (Å²) in [6.45, 7) is 8.93. The first kappa shape index (κ1) is 18.5. The van der Waals surface area contributed by atoms with Crippen molar-refractivity contribution in [2.24, 2.45) is 12.0 Å². The van der Waals surface area contributed by atoms with Crippen molar-refractivity contribution in [3.05, 3.63) is 39.3 Å². The van der Waals surface area contributed by atoms with Crippen LogP contribution in [0.1, 0.15) is 28.8 Å². The van der Waals surface area contributed by atoms with Gasteiger partial charge in [-0.1, -0.05) is 6.07 Å². The topological polar surface area (TPSA) is 45.5 Å². The highest BCUT2D eigenvalue weighted by molar-refractivity contribution is 7.09. The Morgan fingerprint density at radius 2 is 2.17 bits per heavy atom. The Morgan fingerprint density at radius 1 is 1.38 bits per heavy atom. The van der Waals surface area contributed by atoms with Crippen LogP contribution in [0.5, 0.6) is 0 Å². The van der Waals surface area contributed by atoms with Gasteiger partial charge in [-0.25, -0.2) is 0 Å². The maximum absolute atomic E-state index is 4.80. The number of thiophene rings is 1. The summed E-state index contributed by atoms with van der Waals surface area (Å²) in [5.41, 5.74) is 3.67. The van der Waals surface area contributed by atoms with Gasteiger partial charge in [-0.3, -0.25) is 9.67 Å². The number of likely N-dealkylation sites (N-methyl/N-ethyl adjacent to an activating group) is 1. The van der Waals surface area contributed by atoms with Crippen LogP contribution in [0.15, 0.2) is 22.5 Å². The molecular formula is C18H29N5S. The molecule has 24 heavy (non-hydrogen) atoms. The molecule has 0 aliphatic rings. The van der Waals surface area contributed by atoms with Gasteiger partial charge in [-0.2, -0.15) is 5.10 Å². The van der Waals surface area contributed by atoms with Gasteiger partial charge in [0.25, 0.3) is 0 Å². The summed E-state index contributed by atoms with van der Waals surface area (Å²) < 4.78 is 1.95. The number of nitrogens with zero attached hydrogens (tertiary/aromatic N) is 4. The van der Waals surface area contributed by atoms with E-state index in [2.05, 4.69) is 60.6 Å². The van der Waals surface area contributed by atoms with E-state index in [4.69, 9.17) is 4.99 Å². The first-order chi connectivity index (χ1) is 11.5. The van der Waals surface area contributed by atoms with Crippen molar-refractivity contribution in [1.29, 1.82) is 0 Å². The lowest BCUT2D eigenvalue weighted by Crippen LogP contribution is -2.40. The van der Waals surface area contributed by atoms with Gasteiger partial charge in [-0.15, -0.1) is 11.3 Å². The fourth-order valence-electron chi connectivity index (χ4n) is 2.76. The van der Waals surface area contributed by atoms with Gasteiger partial charge < -0.3 is 10.2 Å². The first-order valence-electron chi connectivity index (χ1n) is 8.53. The van der Waals surface area contributed by atoms with E-state index in [-0.39, 0.29) is 0 Å². The van der Waals surface area contributed by atoms with Crippen LogP contribution in [0.3, 0.4) is 0 Å². The molecule has 132 valence electrons. The summed E-state index contributed by atoms with van der Waals surface area (Å²) in [7, 11) is 4.10. The molecule has 0 fully saturated rings. The molecule has 0 aliphatic carbocycles. The van der Waals surface area contributed by atoms with Gasteiger partial charge in [0, 0.05) is 44.3 Å². The van der Waals surface area contributed by atoms with E-state index in [1.807, 2.05) is 23.1 Å². The summed E-state index contributed by atoms with van der Waals surface area (Å²) in [4.78, 5) is 8.43. The van der Waals surface area contributed by atoms with Crippen molar-refractivity contribution in [2.75, 3.05) is 26.7 Å². The molecule has 0 aliphatic heterocycles. The zero-order valence-electron chi connectivity index (χ0n) is 15.5. The number of guanidine groups is 1. The second-order valence-corrected chi connectivity index (χ2v) is 7.04. The maximum atomic E-state index is 4.80. The van der Waals surface area contributed by atoms with Crippen molar-refractivity contribution in [3.8, 4) is 0 Å². The molecule has 6 heteroatoms. The highest BCUT2D eigenvalue weighted by Crippen LogP contribution is 2.13. The van der Waals surface area contributed by atoms with Gasteiger partial charge in [-0.05, 0) is 50.6 Å². The highest BCUT2D eigenvalue weighted by Gasteiger charge is 2.10. The number of aromatic nitrogens is 2. The van der Waals surface area contributed by atoms with E-state index in [0.717, 1.165) is 44.1 Å². The fourth-order valence-corrected chi connectivity index (χ4v) is 3.46. The quantitative estimate of drug-likeness (QED) is 0.619. The predicted molar refractivity (Wildman–Crippen MR) is 103 cm³/mol. The Morgan fingerprint density at radius 3 is 2.75 bits per heavy atom. The average Bonchev–Trinajstić information content (AvgIpc) is 3.15. The van der Waals surface area contributed by atoms with Crippen LogP contribution in [0, 0.1) is 13.8 Å². The number of hydrogen-bond acceptors (Lipinski definition) is 3. The van der Waals surface area contributed by atoms with E-state index in [9.17, 15) is 0 Å². The standard InChI is InChI=1S/C18H29N5S/c1-6-19-18(22(4)12-10-16-8-7-13-24-16)20-11-9-17-14(2)21-23(5)15(17)3/h7-8,13H,6,9-12H2,1-5H3,(H,19,20). The Kier molecular flexibility index (Phi) is 6.85. The van der Waals surface area contributed by atoms with Crippen molar-refractivity contribution in [2.45, 2.75) is 33.6 Å². The van der Waals surface area contributed by atoms with Crippen LogP contribution in [0.4, 0.5) is 0 Å². The van der Waals surface area contributed by atoms with Crippen molar-refractivity contribution in [1.82, 2.24) is 20.0 Å². The first-order valence-corrected chi connectivity index (χ1v) is 9.41. The summed E-state index contributed by atoms with van der Waals surface area (Å²) in [6.07, 6.45) is 1.98. The SMILES string of the molecule is CCNC(=NCCc1c(C)nn(C)c1C)N(C)CCc1cccs1. The number of aliphatic imine (C=N–C) groups is 1. The van der Waals surface area contributed by atoms with Crippen LogP contribution >= 0.6 is 11.3 Å². The number of nitrogens with one attached hydrogen (secondary N) is 1. The van der Waals surface area contributed by atoms with E-state index < -0.39 is 0 Å². The third-order valence-electron chi connectivity index (χ3n) is 4.25. The molecule has 0 aromatic carbocycles. The third kappa shape index (κ3) is 4.84. The van der Waals surface area contributed by atoms with Crippen LogP contribution in [-0.2, 0) is 19.9 Å². The summed E-state index contributed by atoms with van der Waals surface area (Å²) in [6, 6.07) is 4.30. The minimum Gasteiger partial charge on any atom is -0.357 e. The van der Waals surface area contributed by atoms with Crippen molar-refractivity contribution in [3.63, 3.8) is 0 Å². The molecule has 0 bridgehead atoms. The lowest BCUT2D eigenvalue weighted by atomic mass is 10.1. The monoisotopic (exact) mass is 347 g/mol. The molecule has 0 saturated carbocycles. The molecule has 0 unspecified atom stereocenters. The number of hydrogen-bond donors (Lipinski definition) is 1. The molecule has 0 saturated heterocycles. The lowest BCUT2D eigenvalue weighted by molar-refractivity contribution is 0.487. The summed E-state index contributed by atoms with van der Waals surface area (Å²) >= 11 is 1.81. The Balaban J connectivity index is 1.94. The van der Waals surface area contributed by atoms with Crippen molar-refractivity contribution < 1.29 is 0 Å². The Labute approximate surface area is 149 Å². The van der Waals surface area contributed by atoms with E-state index >= 15 is 0 Å². The molecule has 0 radical (unpaired) electrons. The van der Waals surface area contributed by atoms with Crippen LogP contribution in [0.25, 0.3) is 0 Å². The second kappa shape index (κ2) is 8.87. The normalized spacial score (nSPS) is 11.8. The second-order valence-electron chi connectivity index (χ2n) is 6.01. The molecule has 2 heterocycles. The Bertz CT molecular complexity index is 657. The van der Waals surface area contributed by atoms with Gasteiger partial charge in [0.1, 0.15) is 0 Å². The molecule has 1 N–H and O–H groups in total. The number of rotatable bonds is 7. The Hall–Kier alpha value is -1.82. The molecule has 5 nitrogen and oxygen atoms in total. The van der Waals surface area contributed by atoms with Crippen LogP contribution in [-0.4, -0.2) is 47.3 Å². The zero-order valence-corrected chi connectivity index (χ0v) is 16.3. The molecule has 0 amide bonds. The van der Waals surface area contributed by atoms with Crippen LogP contribution < -0.4 is 5.32 Å². The summed E-state index contributed by atoms with van der Waals surface area (Å²) in [5, 5.41) is 10.0. The largest absolute Gasteiger partial charge is 0.357 e. The lowest BCUT2D eigenvalue weighted by Gasteiger charge is -2.21. The van der Waals surface area contributed by atoms with Gasteiger partial charge in [0.15, 0.2) is 5.96 Å². The van der Waals surface area contributed by atoms with Gasteiger partial charge in [0.05, 0.1) is 5.69 Å². The fraction of sp³-hybridized carbons (Fsp3) is 0.556. The molecule has 2 rings (SSSR count). The van der Waals surface area contributed by atoms with E-state index in [0.29, 0.717) is 0 Å². The average molecular weight is 348 g/mol. The van der Waals surface area contributed by atoms with Gasteiger partial charge in [0.2, 0.25) is 0 Å². The van der Waals surface area contributed by atoms with Crippen molar-refractivity contribution >= 4 is 17.3 Å². The highest BCUT2D eigenvalue weighted by atomic mass is 32.1. The van der Waals surface area contributed by atoms with Crippen LogP contribution in [0.2, 0.25) is 0 Å². The molecule has 2 aromatic heterocycles. The predicted octanol–water partition coefficient (Wildman–Crippen LogP) is 2.78.